The maximum atomic E-state index is 5.67. The van der Waals surface area contributed by atoms with Crippen molar-refractivity contribution >= 4 is 104 Å². The summed E-state index contributed by atoms with van der Waals surface area (Å²) in [7, 11) is 0. The minimum atomic E-state index is -0.167. The standard InChI is InChI=1S/C6Cl6.CCl3/c7-1-2(8)4(10)6(12)5(11)3(1)9;2-1(3)4. The van der Waals surface area contributed by atoms with E-state index in [4.69, 9.17) is 104 Å². The van der Waals surface area contributed by atoms with Gasteiger partial charge in [-0.15, -0.1) is 0 Å². The first-order chi connectivity index (χ1) is 7.20. The van der Waals surface area contributed by atoms with Crippen molar-refractivity contribution in [1.29, 1.82) is 0 Å². The molecule has 0 fully saturated rings. The summed E-state index contributed by atoms with van der Waals surface area (Å²) in [6.45, 7) is 0. The van der Waals surface area contributed by atoms with Crippen LogP contribution in [0.2, 0.25) is 30.1 Å². The van der Waals surface area contributed by atoms with Gasteiger partial charge in [-0.05, 0) is 0 Å². The third-order valence-electron chi connectivity index (χ3n) is 1.16. The first-order valence-corrected chi connectivity index (χ1v) is 6.60. The molecule has 0 aliphatic carbocycles. The van der Waals surface area contributed by atoms with Crippen LogP contribution >= 0.6 is 104 Å². The van der Waals surface area contributed by atoms with Gasteiger partial charge < -0.3 is 0 Å². The number of benzene rings is 1. The van der Waals surface area contributed by atoms with Crippen molar-refractivity contribution in [3.05, 3.63) is 34.4 Å². The Morgan fingerprint density at radius 2 is 0.500 bits per heavy atom. The Morgan fingerprint density at radius 1 is 0.438 bits per heavy atom. The lowest BCUT2D eigenvalue weighted by Gasteiger charge is -2.06. The summed E-state index contributed by atoms with van der Waals surface area (Å²) >= 11 is 48.2. The molecule has 0 spiro atoms. The second-order valence-electron chi connectivity index (χ2n) is 2.10. The summed E-state index contributed by atoms with van der Waals surface area (Å²) in [4.78, 5) is 0. The molecule has 1 aromatic rings. The van der Waals surface area contributed by atoms with Crippen LogP contribution in [0.1, 0.15) is 0 Å². The molecule has 0 aromatic heterocycles. The Bertz CT molecular complexity index is 265. The maximum absolute atomic E-state index is 5.67. The first kappa shape index (κ1) is 17.8. The Morgan fingerprint density at radius 3 is 0.562 bits per heavy atom. The number of rotatable bonds is 0. The van der Waals surface area contributed by atoms with E-state index in [1.54, 1.807) is 0 Å². The summed E-state index contributed by atoms with van der Waals surface area (Å²) < 4.78 is -0.167. The largest absolute Gasteiger partial charge is 0.236 e. The van der Waals surface area contributed by atoms with Gasteiger partial charge in [0.1, 0.15) is 0 Å². The van der Waals surface area contributed by atoms with E-state index in [1.807, 2.05) is 0 Å². The molecule has 1 rings (SSSR count). The Labute approximate surface area is 138 Å². The molecule has 1 radical (unpaired) electrons. The lowest BCUT2D eigenvalue weighted by atomic mass is 10.3. The van der Waals surface area contributed by atoms with Crippen molar-refractivity contribution in [2.75, 3.05) is 0 Å². The van der Waals surface area contributed by atoms with Crippen LogP contribution in [0.3, 0.4) is 0 Å². The van der Waals surface area contributed by atoms with Crippen LogP contribution in [0, 0.1) is 4.30 Å². The van der Waals surface area contributed by atoms with Gasteiger partial charge in [0, 0.05) is 0 Å². The smallest absolute Gasteiger partial charge is 0.0810 e. The molecule has 0 saturated heterocycles. The Balaban J connectivity index is 0.000000487. The van der Waals surface area contributed by atoms with E-state index in [-0.39, 0.29) is 34.4 Å². The normalized spacial score (nSPS) is 10.1. The van der Waals surface area contributed by atoms with Crippen LogP contribution in [0.15, 0.2) is 0 Å². The fourth-order valence-corrected chi connectivity index (χ4v) is 2.00. The van der Waals surface area contributed by atoms with Gasteiger partial charge in [0.2, 0.25) is 4.30 Å². The van der Waals surface area contributed by atoms with E-state index in [0.29, 0.717) is 0 Å². The quantitative estimate of drug-likeness (QED) is 0.307. The first-order valence-electron chi connectivity index (χ1n) is 3.20. The molecule has 16 heavy (non-hydrogen) atoms. The molecule has 0 heterocycles. The fourth-order valence-electron chi connectivity index (χ4n) is 0.578. The Kier molecular flexibility index (Phi) is 9.02. The molecule has 0 atom stereocenters. The summed E-state index contributed by atoms with van der Waals surface area (Å²) in [5.41, 5.74) is 0. The van der Waals surface area contributed by atoms with Crippen LogP contribution in [-0.4, -0.2) is 0 Å². The van der Waals surface area contributed by atoms with Gasteiger partial charge >= 0.3 is 0 Å². The highest BCUT2D eigenvalue weighted by Crippen LogP contribution is 2.45. The topological polar surface area (TPSA) is 0 Å². The summed E-state index contributed by atoms with van der Waals surface area (Å²) in [6, 6.07) is 0. The predicted octanol–water partition coefficient (Wildman–Crippen LogP) is 7.76. The zero-order valence-electron chi connectivity index (χ0n) is 6.90. The van der Waals surface area contributed by atoms with Crippen molar-refractivity contribution in [3.63, 3.8) is 0 Å². The van der Waals surface area contributed by atoms with Gasteiger partial charge in [-0.2, -0.15) is 0 Å². The molecular weight excluding hydrogens is 403 g/mol. The van der Waals surface area contributed by atoms with Crippen molar-refractivity contribution in [2.24, 2.45) is 0 Å². The lowest BCUT2D eigenvalue weighted by molar-refractivity contribution is 1.69. The van der Waals surface area contributed by atoms with Crippen LogP contribution < -0.4 is 0 Å². The van der Waals surface area contributed by atoms with Crippen LogP contribution in [0.4, 0.5) is 0 Å². The van der Waals surface area contributed by atoms with Gasteiger partial charge in [0.05, 0.1) is 30.1 Å². The van der Waals surface area contributed by atoms with Gasteiger partial charge in [0.15, 0.2) is 0 Å². The van der Waals surface area contributed by atoms with Crippen LogP contribution in [0.25, 0.3) is 0 Å². The molecule has 0 aliphatic heterocycles. The molecule has 0 N–H and O–H groups in total. The molecule has 91 valence electrons. The molecule has 0 nitrogen and oxygen atoms in total. The highest BCUT2D eigenvalue weighted by molar-refractivity contribution is 6.72. The zero-order valence-corrected chi connectivity index (χ0v) is 13.7. The maximum Gasteiger partial charge on any atom is 0.236 e. The molecule has 0 unspecified atom stereocenters. The fraction of sp³-hybridized carbons (Fsp3) is 0. The van der Waals surface area contributed by atoms with Gasteiger partial charge in [0.25, 0.3) is 0 Å². The van der Waals surface area contributed by atoms with Crippen molar-refractivity contribution in [2.45, 2.75) is 0 Å². The number of halogens is 9. The van der Waals surface area contributed by atoms with Crippen molar-refractivity contribution < 1.29 is 0 Å². The average Bonchev–Trinajstić information content (AvgIpc) is 2.20. The van der Waals surface area contributed by atoms with Crippen molar-refractivity contribution in [3.8, 4) is 0 Å². The molecule has 0 amide bonds. The zero-order chi connectivity index (χ0) is 13.0. The lowest BCUT2D eigenvalue weighted by Crippen LogP contribution is -1.79. The molecule has 0 saturated carbocycles. The SMILES string of the molecule is Cl[C](Cl)Cl.Clc1c(Cl)c(Cl)c(Cl)c(Cl)c1Cl. The molecule has 1 aromatic carbocycles. The number of hydrogen-bond acceptors (Lipinski definition) is 0. The molecule has 9 heteroatoms. The van der Waals surface area contributed by atoms with E-state index in [1.165, 1.54) is 0 Å². The molecular formula is C7Cl9. The molecule has 0 aliphatic rings. The Hall–Kier alpha value is 1.83. The summed E-state index contributed by atoms with van der Waals surface area (Å²) in [6.07, 6.45) is 0. The highest BCUT2D eigenvalue weighted by Gasteiger charge is 2.17. The van der Waals surface area contributed by atoms with Crippen LogP contribution in [0.5, 0.6) is 0 Å². The van der Waals surface area contributed by atoms with Gasteiger partial charge in [-0.1, -0.05) is 104 Å². The monoisotopic (exact) mass is 399 g/mol. The average molecular weight is 403 g/mol. The second kappa shape index (κ2) is 8.09. The summed E-state index contributed by atoms with van der Waals surface area (Å²) in [5, 5.41) is 0.654. The van der Waals surface area contributed by atoms with Gasteiger partial charge in [-0.3, -0.25) is 0 Å². The van der Waals surface area contributed by atoms with Crippen molar-refractivity contribution in [1.82, 2.24) is 0 Å². The number of hydrogen-bond donors (Lipinski definition) is 0. The molecule has 0 bridgehead atoms. The van der Waals surface area contributed by atoms with E-state index < -0.39 is 0 Å². The third kappa shape index (κ3) is 5.22. The predicted molar refractivity (Wildman–Crippen MR) is 77.3 cm³/mol. The van der Waals surface area contributed by atoms with E-state index >= 15 is 0 Å². The van der Waals surface area contributed by atoms with E-state index in [0.717, 1.165) is 0 Å². The van der Waals surface area contributed by atoms with Crippen LogP contribution in [-0.2, 0) is 0 Å². The minimum absolute atomic E-state index is 0.109. The second-order valence-corrected chi connectivity index (χ2v) is 6.08. The third-order valence-corrected chi connectivity index (χ3v) is 4.00. The highest BCUT2D eigenvalue weighted by atomic mass is 35.6. The van der Waals surface area contributed by atoms with E-state index in [9.17, 15) is 0 Å². The van der Waals surface area contributed by atoms with Gasteiger partial charge in [-0.25, -0.2) is 0 Å². The summed E-state index contributed by atoms with van der Waals surface area (Å²) in [5.74, 6) is 0. The van der Waals surface area contributed by atoms with E-state index in [2.05, 4.69) is 0 Å². The minimum Gasteiger partial charge on any atom is -0.0810 e.